The van der Waals surface area contributed by atoms with E-state index in [1.54, 1.807) is 13.8 Å². The maximum Gasteiger partial charge on any atom is 0.233 e. The molecule has 0 aliphatic heterocycles. The molecule has 0 spiro atoms. The Hall–Kier alpha value is -0.790. The zero-order chi connectivity index (χ0) is 15.6. The Morgan fingerprint density at radius 1 is 1.10 bits per heavy atom. The van der Waals surface area contributed by atoms with Gasteiger partial charge in [0.2, 0.25) is 9.05 Å². The average molecular weight is 341 g/mol. The largest absolute Gasteiger partial charge is 0.493 e. The highest BCUT2D eigenvalue weighted by molar-refractivity contribution is 8.13. The molecule has 5 nitrogen and oxygen atoms in total. The van der Waals surface area contributed by atoms with Crippen LogP contribution in [0.1, 0.15) is 13.8 Å². The van der Waals surface area contributed by atoms with Crippen LogP contribution in [-0.4, -0.2) is 35.5 Å². The molecule has 20 heavy (non-hydrogen) atoms. The molecule has 114 valence electrons. The molecule has 1 aromatic rings. The summed E-state index contributed by atoms with van der Waals surface area (Å²) in [4.78, 5) is 0.201. The number of benzene rings is 1. The van der Waals surface area contributed by atoms with Crippen LogP contribution in [0.4, 0.5) is 0 Å². The maximum atomic E-state index is 11.3. The summed E-state index contributed by atoms with van der Waals surface area (Å²) < 4.78 is 50.2. The summed E-state index contributed by atoms with van der Waals surface area (Å²) in [5.74, 6) is 0.264. The summed E-state index contributed by atoms with van der Waals surface area (Å²) in [6.07, 6.45) is 1.12. The molecule has 0 N–H and O–H groups in total. The fourth-order valence-corrected chi connectivity index (χ4v) is 4.10. The van der Waals surface area contributed by atoms with Crippen LogP contribution in [0.5, 0.6) is 5.75 Å². The van der Waals surface area contributed by atoms with Crippen LogP contribution in [0.3, 0.4) is 0 Å². The van der Waals surface area contributed by atoms with Gasteiger partial charge in [-0.15, -0.1) is 0 Å². The zero-order valence-electron chi connectivity index (χ0n) is 11.5. The number of ether oxygens (including phenoxy) is 1. The first kappa shape index (κ1) is 17.3. The molecule has 0 heterocycles. The van der Waals surface area contributed by atoms with Crippen LogP contribution in [0.2, 0.25) is 0 Å². The van der Waals surface area contributed by atoms with Gasteiger partial charge in [-0.2, -0.15) is 0 Å². The van der Waals surface area contributed by atoms with Crippen molar-refractivity contribution in [3.05, 3.63) is 24.3 Å². The van der Waals surface area contributed by atoms with Gasteiger partial charge in [0.1, 0.15) is 5.75 Å². The Kier molecular flexibility index (Phi) is 5.10. The predicted molar refractivity (Wildman–Crippen MR) is 78.5 cm³/mol. The first-order valence-corrected chi connectivity index (χ1v) is 10.1. The normalized spacial score (nSPS) is 13.2. The summed E-state index contributed by atoms with van der Waals surface area (Å²) in [5, 5.41) is 0. The molecule has 1 rings (SSSR count). The van der Waals surface area contributed by atoms with Gasteiger partial charge in [0, 0.05) is 22.4 Å². The van der Waals surface area contributed by atoms with E-state index < -0.39 is 24.3 Å². The van der Waals surface area contributed by atoms with E-state index >= 15 is 0 Å². The van der Waals surface area contributed by atoms with Gasteiger partial charge >= 0.3 is 0 Å². The molecular formula is C12H17ClO5S2. The van der Waals surface area contributed by atoms with E-state index in [9.17, 15) is 16.8 Å². The topological polar surface area (TPSA) is 77.5 Å². The highest BCUT2D eigenvalue weighted by atomic mass is 35.7. The minimum Gasteiger partial charge on any atom is -0.493 e. The van der Waals surface area contributed by atoms with Crippen molar-refractivity contribution in [1.82, 2.24) is 0 Å². The monoisotopic (exact) mass is 340 g/mol. The lowest BCUT2D eigenvalue weighted by Crippen LogP contribution is -2.28. The Labute approximate surface area is 124 Å². The van der Waals surface area contributed by atoms with Gasteiger partial charge < -0.3 is 4.74 Å². The zero-order valence-corrected chi connectivity index (χ0v) is 13.8. The second-order valence-electron chi connectivity index (χ2n) is 5.38. The maximum absolute atomic E-state index is 11.3. The number of sulfone groups is 1. The number of rotatable bonds is 6. The van der Waals surface area contributed by atoms with E-state index in [4.69, 9.17) is 15.4 Å². The second-order valence-corrected chi connectivity index (χ2v) is 10.2. The molecule has 0 radical (unpaired) electrons. The Morgan fingerprint density at radius 2 is 1.60 bits per heavy atom. The van der Waals surface area contributed by atoms with Gasteiger partial charge in [-0.3, -0.25) is 0 Å². The Morgan fingerprint density at radius 3 is 2.00 bits per heavy atom. The third kappa shape index (κ3) is 6.11. The standard InChI is InChI=1S/C12H17ClO5S2/c1-12(2,9-20(13,16)17)8-18-10-4-6-11(7-5-10)19(3,14)15/h4-7H,8-9H2,1-3H3. The Balaban J connectivity index is 2.71. The van der Waals surface area contributed by atoms with Crippen molar-refractivity contribution in [2.24, 2.45) is 5.41 Å². The van der Waals surface area contributed by atoms with Crippen molar-refractivity contribution >= 4 is 29.6 Å². The highest BCUT2D eigenvalue weighted by Gasteiger charge is 2.26. The van der Waals surface area contributed by atoms with Gasteiger partial charge in [0.25, 0.3) is 0 Å². The first-order valence-electron chi connectivity index (χ1n) is 5.74. The van der Waals surface area contributed by atoms with Crippen molar-refractivity contribution in [3.63, 3.8) is 0 Å². The summed E-state index contributed by atoms with van der Waals surface area (Å²) >= 11 is 0. The third-order valence-electron chi connectivity index (χ3n) is 2.44. The lowest BCUT2D eigenvalue weighted by molar-refractivity contribution is 0.200. The van der Waals surface area contributed by atoms with Crippen molar-refractivity contribution in [1.29, 1.82) is 0 Å². The van der Waals surface area contributed by atoms with Gasteiger partial charge in [0.05, 0.1) is 17.3 Å². The smallest absolute Gasteiger partial charge is 0.233 e. The van der Waals surface area contributed by atoms with Crippen LogP contribution >= 0.6 is 10.7 Å². The molecule has 0 aliphatic carbocycles. The summed E-state index contributed by atoms with van der Waals surface area (Å²) in [5.41, 5.74) is -0.643. The lowest BCUT2D eigenvalue weighted by atomic mass is 9.98. The highest BCUT2D eigenvalue weighted by Crippen LogP contribution is 2.23. The average Bonchev–Trinajstić information content (AvgIpc) is 2.22. The third-order valence-corrected chi connectivity index (χ3v) is 5.03. The molecule has 0 saturated carbocycles. The molecule has 1 aromatic carbocycles. The molecule has 0 aliphatic rings. The first-order chi connectivity index (χ1) is 8.89. The molecule has 0 unspecified atom stereocenters. The van der Waals surface area contributed by atoms with Crippen LogP contribution in [0.15, 0.2) is 29.2 Å². The van der Waals surface area contributed by atoms with Crippen LogP contribution in [-0.2, 0) is 18.9 Å². The van der Waals surface area contributed by atoms with Crippen LogP contribution < -0.4 is 4.74 Å². The number of hydrogen-bond acceptors (Lipinski definition) is 5. The van der Waals surface area contributed by atoms with Crippen molar-refractivity contribution in [2.45, 2.75) is 18.7 Å². The molecule has 0 fully saturated rings. The van der Waals surface area contributed by atoms with Gasteiger partial charge in [-0.05, 0) is 24.3 Å². The fraction of sp³-hybridized carbons (Fsp3) is 0.500. The summed E-state index contributed by atoms with van der Waals surface area (Å²) in [6, 6.07) is 5.94. The minimum absolute atomic E-state index is 0.150. The summed E-state index contributed by atoms with van der Waals surface area (Å²) in [7, 11) is -1.62. The summed E-state index contributed by atoms with van der Waals surface area (Å²) in [6.45, 7) is 3.59. The molecule has 0 atom stereocenters. The quantitative estimate of drug-likeness (QED) is 0.741. The van der Waals surface area contributed by atoms with E-state index in [0.29, 0.717) is 5.75 Å². The van der Waals surface area contributed by atoms with E-state index in [-0.39, 0.29) is 17.3 Å². The van der Waals surface area contributed by atoms with E-state index in [1.807, 2.05) is 0 Å². The van der Waals surface area contributed by atoms with Crippen molar-refractivity contribution in [2.75, 3.05) is 18.6 Å². The van der Waals surface area contributed by atoms with E-state index in [2.05, 4.69) is 0 Å². The van der Waals surface area contributed by atoms with Crippen molar-refractivity contribution in [3.8, 4) is 5.75 Å². The molecule has 0 bridgehead atoms. The number of hydrogen-bond donors (Lipinski definition) is 0. The molecule has 0 amide bonds. The lowest BCUT2D eigenvalue weighted by Gasteiger charge is -2.23. The Bertz CT molecular complexity index is 660. The molecule has 0 saturated heterocycles. The van der Waals surface area contributed by atoms with Gasteiger partial charge in [-0.25, -0.2) is 16.8 Å². The SMILES string of the molecule is CC(C)(COc1ccc(S(C)(=O)=O)cc1)CS(=O)(=O)Cl. The minimum atomic E-state index is -3.60. The predicted octanol–water partition coefficient (Wildman–Crippen LogP) is 2.06. The van der Waals surface area contributed by atoms with Crippen LogP contribution in [0.25, 0.3) is 0 Å². The number of halogens is 1. The van der Waals surface area contributed by atoms with Gasteiger partial charge in [0.15, 0.2) is 9.84 Å². The van der Waals surface area contributed by atoms with Crippen LogP contribution in [0, 0.1) is 5.41 Å². The fourth-order valence-electron chi connectivity index (χ4n) is 1.57. The van der Waals surface area contributed by atoms with E-state index in [1.165, 1.54) is 24.3 Å². The molecule has 8 heteroatoms. The van der Waals surface area contributed by atoms with Crippen molar-refractivity contribution < 1.29 is 21.6 Å². The van der Waals surface area contributed by atoms with E-state index in [0.717, 1.165) is 6.26 Å². The molecular weight excluding hydrogens is 324 g/mol. The molecule has 0 aromatic heterocycles. The van der Waals surface area contributed by atoms with Gasteiger partial charge in [-0.1, -0.05) is 13.8 Å². The second kappa shape index (κ2) is 5.91.